The number of nitrogens with zero attached hydrogens (tertiary/aromatic N) is 5. The Morgan fingerprint density at radius 1 is 1.00 bits per heavy atom. The number of hydrogen-bond acceptors (Lipinski definition) is 6. The summed E-state index contributed by atoms with van der Waals surface area (Å²) in [5.74, 6) is -0.952. The van der Waals surface area contributed by atoms with Gasteiger partial charge in [0, 0.05) is 51.1 Å². The highest BCUT2D eigenvalue weighted by molar-refractivity contribution is 5.64. The molecule has 1 atom stereocenters. The predicted octanol–water partition coefficient (Wildman–Crippen LogP) is 4.14. The van der Waals surface area contributed by atoms with Gasteiger partial charge in [0.15, 0.2) is 0 Å². The highest BCUT2D eigenvalue weighted by atomic mass is 19.1. The molecule has 0 saturated carbocycles. The SMILES string of the molecule is Cc1cc(Nc2ncn(-c3cc(F)cc(F)c3)n2)cc(N2CCCC(N3CCOCC3)C2)c1.[HH]. The van der Waals surface area contributed by atoms with Crippen LogP contribution in [0.3, 0.4) is 0 Å². The number of aryl methyl sites for hydroxylation is 1. The van der Waals surface area contributed by atoms with Gasteiger partial charge in [-0.3, -0.25) is 4.90 Å². The minimum absolute atomic E-state index is 0. The first-order valence-corrected chi connectivity index (χ1v) is 11.4. The Labute approximate surface area is 193 Å². The molecule has 3 heterocycles. The highest BCUT2D eigenvalue weighted by Gasteiger charge is 2.27. The van der Waals surface area contributed by atoms with Crippen LogP contribution in [-0.2, 0) is 4.74 Å². The van der Waals surface area contributed by atoms with Gasteiger partial charge in [-0.25, -0.2) is 13.5 Å². The monoisotopic (exact) mass is 456 g/mol. The standard InChI is InChI=1S/C24H28F2N6O.H2/c1-17-9-20(28-24-27-16-32(29-24)23-12-18(25)11-19(26)13-23)14-22(10-17)31-4-2-3-21(15-31)30-5-7-33-8-6-30;/h9-14,16,21H,2-8,15H2,1H3,(H,28,29);1H. The zero-order valence-electron chi connectivity index (χ0n) is 18.7. The number of halogens is 2. The molecule has 1 unspecified atom stereocenters. The lowest BCUT2D eigenvalue weighted by molar-refractivity contribution is 0.0137. The fourth-order valence-corrected chi connectivity index (χ4v) is 4.69. The number of ether oxygens (including phenoxy) is 1. The number of benzene rings is 2. The number of hydrogen-bond donors (Lipinski definition) is 1. The van der Waals surface area contributed by atoms with Gasteiger partial charge in [0.25, 0.3) is 0 Å². The van der Waals surface area contributed by atoms with E-state index in [0.29, 0.717) is 12.0 Å². The summed E-state index contributed by atoms with van der Waals surface area (Å²) in [7, 11) is 0. The third-order valence-corrected chi connectivity index (χ3v) is 6.25. The third-order valence-electron chi connectivity index (χ3n) is 6.25. The molecule has 7 nitrogen and oxygen atoms in total. The Kier molecular flexibility index (Phi) is 6.24. The first kappa shape index (κ1) is 21.8. The molecule has 2 aromatic carbocycles. The van der Waals surface area contributed by atoms with Gasteiger partial charge >= 0.3 is 0 Å². The van der Waals surface area contributed by atoms with Crippen molar-refractivity contribution in [3.05, 3.63) is 59.9 Å². The maximum absolute atomic E-state index is 13.5. The van der Waals surface area contributed by atoms with Gasteiger partial charge in [-0.2, -0.15) is 4.98 Å². The molecule has 0 spiro atoms. The molecule has 1 aromatic heterocycles. The molecular formula is C24H30F2N6O. The highest BCUT2D eigenvalue weighted by Crippen LogP contribution is 2.28. The van der Waals surface area contributed by atoms with E-state index in [4.69, 9.17) is 4.74 Å². The number of morpholine rings is 1. The second-order valence-corrected chi connectivity index (χ2v) is 8.71. The van der Waals surface area contributed by atoms with Gasteiger partial charge < -0.3 is 15.0 Å². The van der Waals surface area contributed by atoms with E-state index < -0.39 is 11.6 Å². The summed E-state index contributed by atoms with van der Waals surface area (Å²) < 4.78 is 34.0. The van der Waals surface area contributed by atoms with Crippen LogP contribution < -0.4 is 10.2 Å². The normalized spacial score (nSPS) is 19.6. The van der Waals surface area contributed by atoms with E-state index in [1.165, 1.54) is 35.3 Å². The lowest BCUT2D eigenvalue weighted by Gasteiger charge is -2.41. The number of anilines is 3. The van der Waals surface area contributed by atoms with Gasteiger partial charge in [0.1, 0.15) is 18.0 Å². The minimum atomic E-state index is -0.657. The molecule has 0 amide bonds. The molecule has 0 bridgehead atoms. The topological polar surface area (TPSA) is 58.5 Å². The van der Waals surface area contributed by atoms with Crippen LogP contribution in [0.15, 0.2) is 42.7 Å². The molecule has 3 aromatic rings. The largest absolute Gasteiger partial charge is 0.379 e. The second kappa shape index (κ2) is 9.44. The van der Waals surface area contributed by atoms with Crippen molar-refractivity contribution in [3.63, 3.8) is 0 Å². The van der Waals surface area contributed by atoms with Crippen LogP contribution >= 0.6 is 0 Å². The van der Waals surface area contributed by atoms with Crippen LogP contribution in [0.25, 0.3) is 5.69 Å². The van der Waals surface area contributed by atoms with Crippen molar-refractivity contribution in [1.82, 2.24) is 19.7 Å². The first-order chi connectivity index (χ1) is 16.0. The van der Waals surface area contributed by atoms with Crippen molar-refractivity contribution in [1.29, 1.82) is 0 Å². The average Bonchev–Trinajstić information content (AvgIpc) is 3.27. The second-order valence-electron chi connectivity index (χ2n) is 8.71. The molecule has 2 fully saturated rings. The third kappa shape index (κ3) is 5.15. The molecule has 1 N–H and O–H groups in total. The summed E-state index contributed by atoms with van der Waals surface area (Å²) in [6, 6.07) is 10.2. The summed E-state index contributed by atoms with van der Waals surface area (Å²) in [5.41, 5.74) is 3.46. The van der Waals surface area contributed by atoms with Gasteiger partial charge in [-0.15, -0.1) is 5.10 Å². The van der Waals surface area contributed by atoms with Gasteiger partial charge in [-0.1, -0.05) is 0 Å². The van der Waals surface area contributed by atoms with Crippen molar-refractivity contribution in [3.8, 4) is 5.69 Å². The Bertz CT molecular complexity index is 1100. The predicted molar refractivity (Wildman–Crippen MR) is 125 cm³/mol. The summed E-state index contributed by atoms with van der Waals surface area (Å²) in [6.07, 6.45) is 3.81. The van der Waals surface area contributed by atoms with Gasteiger partial charge in [0.05, 0.1) is 18.9 Å². The maximum Gasteiger partial charge on any atom is 0.246 e. The number of rotatable bonds is 5. The average molecular weight is 457 g/mol. The van der Waals surface area contributed by atoms with E-state index >= 15 is 0 Å². The zero-order chi connectivity index (χ0) is 22.8. The summed E-state index contributed by atoms with van der Waals surface area (Å²) in [4.78, 5) is 9.26. The van der Waals surface area contributed by atoms with Crippen LogP contribution in [0.2, 0.25) is 0 Å². The Morgan fingerprint density at radius 3 is 2.58 bits per heavy atom. The fraction of sp³-hybridized carbons (Fsp3) is 0.417. The number of nitrogens with one attached hydrogen (secondary N) is 1. The fourth-order valence-electron chi connectivity index (χ4n) is 4.69. The summed E-state index contributed by atoms with van der Waals surface area (Å²) in [6.45, 7) is 7.74. The smallest absolute Gasteiger partial charge is 0.246 e. The lowest BCUT2D eigenvalue weighted by Crippen LogP contribution is -2.51. The first-order valence-electron chi connectivity index (χ1n) is 11.4. The van der Waals surface area contributed by atoms with Gasteiger partial charge in [-0.05, 0) is 55.7 Å². The van der Waals surface area contributed by atoms with Crippen LogP contribution in [0.5, 0.6) is 0 Å². The van der Waals surface area contributed by atoms with Crippen LogP contribution in [0, 0.1) is 18.6 Å². The van der Waals surface area contributed by atoms with Crippen molar-refractivity contribution < 1.29 is 14.9 Å². The minimum Gasteiger partial charge on any atom is -0.379 e. The van der Waals surface area contributed by atoms with Gasteiger partial charge in [0.2, 0.25) is 5.95 Å². The van der Waals surface area contributed by atoms with E-state index in [0.717, 1.165) is 63.1 Å². The van der Waals surface area contributed by atoms with Crippen LogP contribution in [0.1, 0.15) is 19.8 Å². The molecule has 5 rings (SSSR count). The molecule has 33 heavy (non-hydrogen) atoms. The van der Waals surface area contributed by atoms with E-state index in [1.54, 1.807) is 0 Å². The van der Waals surface area contributed by atoms with Crippen LogP contribution in [-0.4, -0.2) is 65.1 Å². The van der Waals surface area contributed by atoms with Crippen molar-refractivity contribution in [2.24, 2.45) is 0 Å². The Balaban J connectivity index is 0.00000274. The number of aromatic nitrogens is 3. The summed E-state index contributed by atoms with van der Waals surface area (Å²) >= 11 is 0. The van der Waals surface area contributed by atoms with Crippen molar-refractivity contribution in [2.45, 2.75) is 25.8 Å². The van der Waals surface area contributed by atoms with E-state index in [1.807, 2.05) is 6.07 Å². The summed E-state index contributed by atoms with van der Waals surface area (Å²) in [5, 5.41) is 7.57. The maximum atomic E-state index is 13.5. The molecule has 2 aliphatic rings. The van der Waals surface area contributed by atoms with E-state index in [2.05, 4.69) is 44.3 Å². The molecule has 0 aliphatic carbocycles. The van der Waals surface area contributed by atoms with E-state index in [-0.39, 0.29) is 7.11 Å². The molecule has 176 valence electrons. The molecule has 0 radical (unpaired) electrons. The van der Waals surface area contributed by atoms with E-state index in [9.17, 15) is 8.78 Å². The Hall–Kier alpha value is -3.04. The number of piperidine rings is 1. The van der Waals surface area contributed by atoms with Crippen LogP contribution in [0.4, 0.5) is 26.1 Å². The molecule has 2 aliphatic heterocycles. The molecule has 9 heteroatoms. The molecule has 2 saturated heterocycles. The quantitative estimate of drug-likeness (QED) is 0.623. The van der Waals surface area contributed by atoms with Crippen molar-refractivity contribution in [2.75, 3.05) is 49.6 Å². The van der Waals surface area contributed by atoms with Crippen molar-refractivity contribution >= 4 is 17.3 Å². The Morgan fingerprint density at radius 2 is 1.79 bits per heavy atom. The zero-order valence-corrected chi connectivity index (χ0v) is 18.7. The molecular weight excluding hydrogens is 426 g/mol. The lowest BCUT2D eigenvalue weighted by atomic mass is 10.0.